The quantitative estimate of drug-likeness (QED) is 0.781. The molecule has 0 radical (unpaired) electrons. The van der Waals surface area contributed by atoms with E-state index in [1.54, 1.807) is 18.2 Å². The molecule has 0 aromatic heterocycles. The van der Waals surface area contributed by atoms with Crippen molar-refractivity contribution in [2.75, 3.05) is 5.32 Å². The maximum Gasteiger partial charge on any atom is 0.335 e. The first kappa shape index (κ1) is 15.7. The molecule has 0 aliphatic carbocycles. The summed E-state index contributed by atoms with van der Waals surface area (Å²) < 4.78 is 1.46. The molecule has 108 valence electrons. The lowest BCUT2D eigenvalue weighted by Crippen LogP contribution is -2.13. The molecule has 0 saturated heterocycles. The number of halogens is 2. The van der Waals surface area contributed by atoms with Crippen LogP contribution in [0, 0.1) is 6.92 Å². The van der Waals surface area contributed by atoms with Gasteiger partial charge in [0.15, 0.2) is 0 Å². The second-order valence-corrected chi connectivity index (χ2v) is 6.13. The monoisotopic (exact) mass is 411 g/mol. The Morgan fingerprint density at radius 3 is 2.29 bits per heavy atom. The minimum Gasteiger partial charge on any atom is -0.478 e. The molecule has 0 spiro atoms. The van der Waals surface area contributed by atoms with E-state index in [1.807, 2.05) is 13.0 Å². The number of benzene rings is 2. The van der Waals surface area contributed by atoms with Crippen LogP contribution >= 0.6 is 31.9 Å². The molecule has 2 aromatic carbocycles. The molecule has 0 saturated carbocycles. The highest BCUT2D eigenvalue weighted by Crippen LogP contribution is 2.25. The highest BCUT2D eigenvalue weighted by molar-refractivity contribution is 9.10. The van der Waals surface area contributed by atoms with Gasteiger partial charge in [0.05, 0.1) is 11.3 Å². The zero-order valence-electron chi connectivity index (χ0n) is 11.0. The molecule has 2 N–H and O–H groups in total. The van der Waals surface area contributed by atoms with E-state index in [9.17, 15) is 9.59 Å². The third-order valence-electron chi connectivity index (χ3n) is 2.90. The third-order valence-corrected chi connectivity index (χ3v) is 4.44. The van der Waals surface area contributed by atoms with Gasteiger partial charge in [0.1, 0.15) is 0 Å². The average Bonchev–Trinajstić information content (AvgIpc) is 2.43. The van der Waals surface area contributed by atoms with Crippen LogP contribution in [0.15, 0.2) is 45.3 Å². The van der Waals surface area contributed by atoms with E-state index in [4.69, 9.17) is 5.11 Å². The van der Waals surface area contributed by atoms with Gasteiger partial charge >= 0.3 is 5.97 Å². The number of hydrogen-bond acceptors (Lipinski definition) is 2. The SMILES string of the molecule is Cc1ccc(C(=O)Nc2cc(C(=O)O)ccc2Br)cc1Br. The summed E-state index contributed by atoms with van der Waals surface area (Å²) in [6, 6.07) is 9.73. The molecular formula is C15H11Br2NO3. The fraction of sp³-hybridized carbons (Fsp3) is 0.0667. The molecule has 0 bridgehead atoms. The van der Waals surface area contributed by atoms with Crippen molar-refractivity contribution in [1.82, 2.24) is 0 Å². The van der Waals surface area contributed by atoms with Gasteiger partial charge in [0.25, 0.3) is 5.91 Å². The van der Waals surface area contributed by atoms with Crippen molar-refractivity contribution < 1.29 is 14.7 Å². The minimum atomic E-state index is -1.05. The summed E-state index contributed by atoms with van der Waals surface area (Å²) in [6.07, 6.45) is 0. The van der Waals surface area contributed by atoms with Crippen LogP contribution in [0.25, 0.3) is 0 Å². The van der Waals surface area contributed by atoms with Crippen LogP contribution in [-0.2, 0) is 0 Å². The van der Waals surface area contributed by atoms with Gasteiger partial charge in [-0.2, -0.15) is 0 Å². The number of rotatable bonds is 3. The summed E-state index contributed by atoms with van der Waals surface area (Å²) in [7, 11) is 0. The number of nitrogens with one attached hydrogen (secondary N) is 1. The van der Waals surface area contributed by atoms with Crippen LogP contribution in [0.4, 0.5) is 5.69 Å². The lowest BCUT2D eigenvalue weighted by Gasteiger charge is -2.09. The highest BCUT2D eigenvalue weighted by Gasteiger charge is 2.12. The van der Waals surface area contributed by atoms with Crippen molar-refractivity contribution in [2.24, 2.45) is 0 Å². The Bertz CT molecular complexity index is 729. The number of carboxylic acids is 1. The molecule has 0 atom stereocenters. The number of aromatic carboxylic acids is 1. The molecule has 2 aromatic rings. The molecule has 21 heavy (non-hydrogen) atoms. The van der Waals surface area contributed by atoms with Crippen molar-refractivity contribution in [3.8, 4) is 0 Å². The van der Waals surface area contributed by atoms with E-state index >= 15 is 0 Å². The lowest BCUT2D eigenvalue weighted by molar-refractivity contribution is 0.0696. The van der Waals surface area contributed by atoms with E-state index < -0.39 is 5.97 Å². The van der Waals surface area contributed by atoms with E-state index in [1.165, 1.54) is 12.1 Å². The summed E-state index contributed by atoms with van der Waals surface area (Å²) in [5.41, 5.74) is 2.04. The second-order valence-electron chi connectivity index (χ2n) is 4.42. The number of anilines is 1. The van der Waals surface area contributed by atoms with Gasteiger partial charge in [-0.05, 0) is 58.7 Å². The maximum absolute atomic E-state index is 12.2. The number of carboxylic acid groups (broad SMARTS) is 1. The number of carbonyl (C=O) groups is 2. The standard InChI is InChI=1S/C15H11Br2NO3/c1-8-2-3-9(6-12(8)17)14(19)18-13-7-10(15(20)21)4-5-11(13)16/h2-7H,1H3,(H,18,19)(H,20,21). The fourth-order valence-corrected chi connectivity index (χ4v) is 2.41. The molecule has 1 amide bonds. The van der Waals surface area contributed by atoms with Gasteiger partial charge in [-0.15, -0.1) is 0 Å². The second kappa shape index (κ2) is 6.41. The van der Waals surface area contributed by atoms with Crippen LogP contribution in [0.2, 0.25) is 0 Å². The first-order chi connectivity index (χ1) is 9.88. The first-order valence-corrected chi connectivity index (χ1v) is 7.57. The largest absolute Gasteiger partial charge is 0.478 e. The number of aryl methyl sites for hydroxylation is 1. The fourth-order valence-electron chi connectivity index (χ4n) is 1.68. The van der Waals surface area contributed by atoms with E-state index in [0.717, 1.165) is 10.0 Å². The van der Waals surface area contributed by atoms with Crippen LogP contribution in [0.3, 0.4) is 0 Å². The van der Waals surface area contributed by atoms with Gasteiger partial charge in [0.2, 0.25) is 0 Å². The first-order valence-electron chi connectivity index (χ1n) is 5.99. The van der Waals surface area contributed by atoms with Gasteiger partial charge in [-0.1, -0.05) is 22.0 Å². The van der Waals surface area contributed by atoms with E-state index in [0.29, 0.717) is 15.7 Å². The molecule has 6 heteroatoms. The van der Waals surface area contributed by atoms with Crippen molar-refractivity contribution >= 4 is 49.4 Å². The maximum atomic E-state index is 12.2. The summed E-state index contributed by atoms with van der Waals surface area (Å²) in [5.74, 6) is -1.35. The molecule has 0 aliphatic heterocycles. The zero-order chi connectivity index (χ0) is 15.6. The molecular weight excluding hydrogens is 402 g/mol. The van der Waals surface area contributed by atoms with Crippen molar-refractivity contribution in [2.45, 2.75) is 6.92 Å². The molecule has 2 rings (SSSR count). The van der Waals surface area contributed by atoms with Gasteiger partial charge < -0.3 is 10.4 Å². The molecule has 0 fully saturated rings. The molecule has 0 heterocycles. The van der Waals surface area contributed by atoms with Crippen LogP contribution < -0.4 is 5.32 Å². The summed E-state index contributed by atoms with van der Waals surface area (Å²) in [4.78, 5) is 23.2. The van der Waals surface area contributed by atoms with E-state index in [2.05, 4.69) is 37.2 Å². The van der Waals surface area contributed by atoms with Crippen molar-refractivity contribution in [1.29, 1.82) is 0 Å². The Balaban J connectivity index is 2.28. The molecule has 0 unspecified atom stereocenters. The smallest absolute Gasteiger partial charge is 0.335 e. The topological polar surface area (TPSA) is 66.4 Å². The zero-order valence-corrected chi connectivity index (χ0v) is 14.2. The lowest BCUT2D eigenvalue weighted by atomic mass is 10.1. The van der Waals surface area contributed by atoms with Crippen molar-refractivity contribution in [3.63, 3.8) is 0 Å². The Labute approximate surface area is 138 Å². The normalized spacial score (nSPS) is 10.2. The highest BCUT2D eigenvalue weighted by atomic mass is 79.9. The van der Waals surface area contributed by atoms with Crippen LogP contribution in [0.1, 0.15) is 26.3 Å². The van der Waals surface area contributed by atoms with Gasteiger partial charge in [-0.25, -0.2) is 4.79 Å². The number of carbonyl (C=O) groups excluding carboxylic acids is 1. The summed E-state index contributed by atoms with van der Waals surface area (Å²) in [6.45, 7) is 1.93. The predicted molar refractivity (Wildman–Crippen MR) is 87.9 cm³/mol. The average molecular weight is 413 g/mol. The number of amides is 1. The Hall–Kier alpha value is -1.66. The van der Waals surface area contributed by atoms with Crippen LogP contribution in [0.5, 0.6) is 0 Å². The van der Waals surface area contributed by atoms with Crippen LogP contribution in [-0.4, -0.2) is 17.0 Å². The predicted octanol–water partition coefficient (Wildman–Crippen LogP) is 4.47. The van der Waals surface area contributed by atoms with E-state index in [-0.39, 0.29) is 11.5 Å². The Morgan fingerprint density at radius 2 is 1.67 bits per heavy atom. The Kier molecular flexibility index (Phi) is 4.80. The van der Waals surface area contributed by atoms with Crippen molar-refractivity contribution in [3.05, 3.63) is 62.0 Å². The molecule has 4 nitrogen and oxygen atoms in total. The summed E-state index contributed by atoms with van der Waals surface area (Å²) >= 11 is 6.67. The summed E-state index contributed by atoms with van der Waals surface area (Å²) in [5, 5.41) is 11.7. The molecule has 0 aliphatic rings. The minimum absolute atomic E-state index is 0.110. The van der Waals surface area contributed by atoms with Gasteiger partial charge in [-0.3, -0.25) is 4.79 Å². The van der Waals surface area contributed by atoms with Gasteiger partial charge in [0, 0.05) is 14.5 Å². The Morgan fingerprint density at radius 1 is 1.00 bits per heavy atom. The third kappa shape index (κ3) is 3.71. The number of hydrogen-bond donors (Lipinski definition) is 2.